The number of carboxylic acids is 1. The maximum atomic E-state index is 11.8. The van der Waals surface area contributed by atoms with E-state index in [2.05, 4.69) is 14.9 Å². The zero-order chi connectivity index (χ0) is 13.5. The smallest absolute Gasteiger partial charge is 0.310 e. The maximum Gasteiger partial charge on any atom is 0.310 e. The van der Waals surface area contributed by atoms with E-state index in [0.717, 1.165) is 11.1 Å². The van der Waals surface area contributed by atoms with Crippen molar-refractivity contribution in [2.75, 3.05) is 0 Å². The summed E-state index contributed by atoms with van der Waals surface area (Å²) in [6.07, 6.45) is 1.42. The molecule has 0 saturated heterocycles. The molecular weight excluding hydrogens is 244 g/mol. The van der Waals surface area contributed by atoms with Crippen LogP contribution in [0.2, 0.25) is 0 Å². The van der Waals surface area contributed by atoms with Crippen molar-refractivity contribution in [2.24, 2.45) is 5.41 Å². The van der Waals surface area contributed by atoms with Gasteiger partial charge in [0.05, 0.1) is 5.41 Å². The van der Waals surface area contributed by atoms with Crippen LogP contribution in [0, 0.1) is 12.3 Å². The van der Waals surface area contributed by atoms with Crippen molar-refractivity contribution in [3.05, 3.63) is 46.8 Å². The number of nitrogens with zero attached hydrogens (tertiary/aromatic N) is 2. The van der Waals surface area contributed by atoms with Gasteiger partial charge in [-0.25, -0.2) is 4.63 Å². The summed E-state index contributed by atoms with van der Waals surface area (Å²) in [5, 5.41) is 17.2. The number of aliphatic carboxylic acids is 1. The second kappa shape index (κ2) is 4.19. The average Bonchev–Trinajstić information content (AvgIpc) is 2.94. The van der Waals surface area contributed by atoms with Gasteiger partial charge < -0.3 is 5.11 Å². The Balaban J connectivity index is 1.96. The lowest BCUT2D eigenvalue weighted by Crippen LogP contribution is -2.34. The molecule has 1 aliphatic rings. The van der Waals surface area contributed by atoms with Gasteiger partial charge in [0.2, 0.25) is 0 Å². The van der Waals surface area contributed by atoms with Gasteiger partial charge in [-0.15, -0.1) is 0 Å². The number of hydrogen-bond acceptors (Lipinski definition) is 4. The number of rotatable bonds is 3. The minimum absolute atomic E-state index is 0.354. The summed E-state index contributed by atoms with van der Waals surface area (Å²) in [5.74, 6) is -0.786. The van der Waals surface area contributed by atoms with E-state index in [1.165, 1.54) is 0 Å². The third-order valence-electron chi connectivity index (χ3n) is 3.88. The first-order chi connectivity index (χ1) is 9.11. The van der Waals surface area contributed by atoms with Crippen molar-refractivity contribution in [1.82, 2.24) is 10.3 Å². The molecule has 0 atom stereocenters. The van der Waals surface area contributed by atoms with E-state index in [0.29, 0.717) is 30.7 Å². The number of hydrogen-bond donors (Lipinski definition) is 1. The summed E-state index contributed by atoms with van der Waals surface area (Å²) in [6, 6.07) is 7.88. The molecule has 0 saturated carbocycles. The Morgan fingerprint density at radius 3 is 2.42 bits per heavy atom. The average molecular weight is 258 g/mol. The van der Waals surface area contributed by atoms with E-state index in [1.807, 2.05) is 24.3 Å². The number of fused-ring (bicyclic) bond motifs is 1. The van der Waals surface area contributed by atoms with Crippen molar-refractivity contribution in [3.8, 4) is 0 Å². The topological polar surface area (TPSA) is 76.2 Å². The van der Waals surface area contributed by atoms with Gasteiger partial charge in [0.15, 0.2) is 0 Å². The first kappa shape index (κ1) is 11.9. The minimum Gasteiger partial charge on any atom is -0.481 e. The molecule has 1 N–H and O–H groups in total. The molecular formula is C14H14N2O3. The van der Waals surface area contributed by atoms with E-state index in [9.17, 15) is 9.90 Å². The van der Waals surface area contributed by atoms with E-state index in [-0.39, 0.29) is 0 Å². The largest absolute Gasteiger partial charge is 0.481 e. The summed E-state index contributed by atoms with van der Waals surface area (Å²) >= 11 is 0. The first-order valence-corrected chi connectivity index (χ1v) is 6.19. The molecule has 1 aromatic heterocycles. The number of benzene rings is 1. The highest BCUT2D eigenvalue weighted by Crippen LogP contribution is 2.40. The van der Waals surface area contributed by atoms with Crippen molar-refractivity contribution in [3.63, 3.8) is 0 Å². The van der Waals surface area contributed by atoms with Crippen LogP contribution in [0.3, 0.4) is 0 Å². The van der Waals surface area contributed by atoms with Crippen molar-refractivity contribution >= 4 is 5.97 Å². The third-order valence-corrected chi connectivity index (χ3v) is 3.88. The molecule has 0 unspecified atom stereocenters. The van der Waals surface area contributed by atoms with Crippen LogP contribution in [0.5, 0.6) is 0 Å². The van der Waals surface area contributed by atoms with Gasteiger partial charge in [-0.3, -0.25) is 4.79 Å². The molecule has 0 fully saturated rings. The molecule has 0 bridgehead atoms. The van der Waals surface area contributed by atoms with Gasteiger partial charge in [0.1, 0.15) is 11.4 Å². The molecule has 3 rings (SSSR count). The Bertz CT molecular complexity index is 608. The van der Waals surface area contributed by atoms with E-state index in [4.69, 9.17) is 0 Å². The quantitative estimate of drug-likeness (QED) is 0.908. The summed E-state index contributed by atoms with van der Waals surface area (Å²) in [5.41, 5.74) is 2.69. The number of aryl methyl sites for hydroxylation is 1. The van der Waals surface area contributed by atoms with E-state index in [1.54, 1.807) is 6.92 Å². The predicted molar refractivity (Wildman–Crippen MR) is 66.7 cm³/mol. The Morgan fingerprint density at radius 1 is 1.32 bits per heavy atom. The Kier molecular flexibility index (Phi) is 2.62. The predicted octanol–water partition coefficient (Wildman–Crippen LogP) is 1.79. The standard InChI is InChI=1S/C14H14N2O3/c1-9-12(16-19-15-9)8-14(13(17)18)6-10-4-2-3-5-11(10)7-14/h2-5H,6-8H2,1H3,(H,17,18). The fourth-order valence-corrected chi connectivity index (χ4v) is 2.78. The molecule has 0 aliphatic heterocycles. The first-order valence-electron chi connectivity index (χ1n) is 6.19. The zero-order valence-corrected chi connectivity index (χ0v) is 10.6. The molecule has 2 aromatic rings. The van der Waals surface area contributed by atoms with Crippen LogP contribution in [0.1, 0.15) is 22.5 Å². The summed E-state index contributed by atoms with van der Waals surface area (Å²) in [4.78, 5) is 11.8. The molecule has 0 radical (unpaired) electrons. The van der Waals surface area contributed by atoms with Crippen LogP contribution < -0.4 is 0 Å². The molecule has 1 heterocycles. The Hall–Kier alpha value is -2.17. The fraction of sp³-hybridized carbons (Fsp3) is 0.357. The summed E-state index contributed by atoms with van der Waals surface area (Å²) in [7, 11) is 0. The number of carbonyl (C=O) groups is 1. The van der Waals surface area contributed by atoms with Gasteiger partial charge in [-0.1, -0.05) is 34.6 Å². The van der Waals surface area contributed by atoms with Crippen LogP contribution in [-0.2, 0) is 24.1 Å². The second-order valence-electron chi connectivity index (χ2n) is 5.18. The van der Waals surface area contributed by atoms with Crippen molar-refractivity contribution in [2.45, 2.75) is 26.2 Å². The van der Waals surface area contributed by atoms with Crippen LogP contribution in [0.4, 0.5) is 0 Å². The highest BCUT2D eigenvalue weighted by Gasteiger charge is 2.45. The lowest BCUT2D eigenvalue weighted by Gasteiger charge is -2.22. The normalized spacial score (nSPS) is 16.3. The Morgan fingerprint density at radius 2 is 1.95 bits per heavy atom. The minimum atomic E-state index is -0.826. The van der Waals surface area contributed by atoms with E-state index < -0.39 is 11.4 Å². The number of aromatic nitrogens is 2. The summed E-state index contributed by atoms with van der Waals surface area (Å²) in [6.45, 7) is 1.78. The van der Waals surface area contributed by atoms with E-state index >= 15 is 0 Å². The molecule has 0 spiro atoms. The molecule has 1 aliphatic carbocycles. The third kappa shape index (κ3) is 1.91. The molecule has 19 heavy (non-hydrogen) atoms. The second-order valence-corrected chi connectivity index (χ2v) is 5.18. The van der Waals surface area contributed by atoms with Crippen LogP contribution in [0.15, 0.2) is 28.9 Å². The van der Waals surface area contributed by atoms with Crippen LogP contribution in [0.25, 0.3) is 0 Å². The SMILES string of the molecule is Cc1nonc1CC1(C(=O)O)Cc2ccccc2C1. The summed E-state index contributed by atoms with van der Waals surface area (Å²) < 4.78 is 4.66. The molecule has 1 aromatic carbocycles. The van der Waals surface area contributed by atoms with Gasteiger partial charge in [-0.05, 0) is 30.9 Å². The van der Waals surface area contributed by atoms with Gasteiger partial charge >= 0.3 is 5.97 Å². The monoisotopic (exact) mass is 258 g/mol. The van der Waals surface area contributed by atoms with Crippen LogP contribution in [-0.4, -0.2) is 21.4 Å². The molecule has 5 nitrogen and oxygen atoms in total. The van der Waals surface area contributed by atoms with Crippen molar-refractivity contribution < 1.29 is 14.5 Å². The molecule has 5 heteroatoms. The fourth-order valence-electron chi connectivity index (χ4n) is 2.78. The Labute approximate surface area is 110 Å². The molecule has 0 amide bonds. The lowest BCUT2D eigenvalue weighted by molar-refractivity contribution is -0.148. The highest BCUT2D eigenvalue weighted by atomic mass is 16.6. The van der Waals surface area contributed by atoms with Crippen LogP contribution >= 0.6 is 0 Å². The zero-order valence-electron chi connectivity index (χ0n) is 10.6. The van der Waals surface area contributed by atoms with Crippen molar-refractivity contribution in [1.29, 1.82) is 0 Å². The molecule has 98 valence electrons. The highest BCUT2D eigenvalue weighted by molar-refractivity contribution is 5.77. The number of carboxylic acid groups (broad SMARTS) is 1. The lowest BCUT2D eigenvalue weighted by atomic mass is 9.80. The van der Waals surface area contributed by atoms with Gasteiger partial charge in [0, 0.05) is 6.42 Å². The van der Waals surface area contributed by atoms with Gasteiger partial charge in [-0.2, -0.15) is 0 Å². The van der Waals surface area contributed by atoms with Gasteiger partial charge in [0.25, 0.3) is 0 Å². The maximum absolute atomic E-state index is 11.8.